The number of fused-ring (bicyclic) bond motifs is 1. The average Bonchev–Trinajstić information content (AvgIpc) is 2.86. The molecule has 1 unspecified atom stereocenters. The first-order valence-corrected chi connectivity index (χ1v) is 8.60. The largest absolute Gasteiger partial charge is 0.487 e. The van der Waals surface area contributed by atoms with E-state index in [2.05, 4.69) is 20.6 Å². The molecular weight excluding hydrogens is 346 g/mol. The smallest absolute Gasteiger partial charge is 0.334 e. The number of carbonyl (C=O) groups excluding carboxylic acids is 1. The van der Waals surface area contributed by atoms with E-state index in [0.717, 1.165) is 16.9 Å². The van der Waals surface area contributed by atoms with Crippen LogP contribution >= 0.6 is 0 Å². The second kappa shape index (κ2) is 8.79. The van der Waals surface area contributed by atoms with E-state index in [1.54, 1.807) is 19.2 Å². The number of esters is 1. The zero-order valence-corrected chi connectivity index (χ0v) is 15.0. The molecule has 0 fully saturated rings. The SMILES string of the molecule is CCOC(=O)C1=Cc2cc(OCc3ccccn3)ccc2NC(N=NN)C1. The number of ether oxygens (including phenoxy) is 2. The summed E-state index contributed by atoms with van der Waals surface area (Å²) >= 11 is 0. The zero-order valence-electron chi connectivity index (χ0n) is 15.0. The molecule has 0 saturated heterocycles. The summed E-state index contributed by atoms with van der Waals surface area (Å²) in [4.78, 5) is 16.5. The third kappa shape index (κ3) is 4.81. The minimum absolute atomic E-state index is 0.298. The lowest BCUT2D eigenvalue weighted by Crippen LogP contribution is -2.19. The van der Waals surface area contributed by atoms with Crippen molar-refractivity contribution in [2.24, 2.45) is 16.2 Å². The maximum absolute atomic E-state index is 12.2. The first-order chi connectivity index (χ1) is 13.2. The van der Waals surface area contributed by atoms with Crippen LogP contribution < -0.4 is 15.9 Å². The minimum atomic E-state index is -0.452. The maximum Gasteiger partial charge on any atom is 0.334 e. The maximum atomic E-state index is 12.2. The molecule has 8 heteroatoms. The Labute approximate surface area is 157 Å². The number of nitrogens with two attached hydrogens (primary N) is 1. The van der Waals surface area contributed by atoms with Crippen molar-refractivity contribution in [2.75, 3.05) is 11.9 Å². The van der Waals surface area contributed by atoms with Crippen molar-refractivity contribution in [3.05, 3.63) is 59.4 Å². The van der Waals surface area contributed by atoms with Crippen molar-refractivity contribution >= 4 is 17.7 Å². The van der Waals surface area contributed by atoms with Crippen molar-refractivity contribution in [1.29, 1.82) is 0 Å². The van der Waals surface area contributed by atoms with Gasteiger partial charge in [0.15, 0.2) is 0 Å². The Morgan fingerprint density at radius 3 is 3.00 bits per heavy atom. The lowest BCUT2D eigenvalue weighted by Gasteiger charge is -2.14. The molecule has 3 N–H and O–H groups in total. The molecule has 0 saturated carbocycles. The van der Waals surface area contributed by atoms with Crippen LogP contribution in [0.1, 0.15) is 24.6 Å². The fourth-order valence-corrected chi connectivity index (χ4v) is 2.72. The number of rotatable bonds is 6. The van der Waals surface area contributed by atoms with E-state index in [0.29, 0.717) is 31.0 Å². The van der Waals surface area contributed by atoms with Crippen molar-refractivity contribution in [3.63, 3.8) is 0 Å². The van der Waals surface area contributed by atoms with Gasteiger partial charge in [-0.25, -0.2) is 4.79 Å². The van der Waals surface area contributed by atoms with Gasteiger partial charge in [-0.1, -0.05) is 11.3 Å². The van der Waals surface area contributed by atoms with Crippen LogP contribution in [-0.4, -0.2) is 23.7 Å². The standard InChI is InChI=1S/C19H21N5O3/c1-2-26-19(25)14-9-13-10-16(27-12-15-5-3-4-8-21-15)6-7-17(13)22-18(11-14)23-24-20/h3-10,18,22H,2,11-12H2,1H3,(H2,20,23). The molecule has 0 aliphatic carbocycles. The number of hydrogen-bond donors (Lipinski definition) is 2. The van der Waals surface area contributed by atoms with E-state index in [1.807, 2.05) is 36.4 Å². The average molecular weight is 367 g/mol. The second-order valence-electron chi connectivity index (χ2n) is 5.84. The van der Waals surface area contributed by atoms with Gasteiger partial charge in [0.1, 0.15) is 18.5 Å². The molecule has 1 aliphatic rings. The molecule has 1 aromatic heterocycles. The Morgan fingerprint density at radius 1 is 1.37 bits per heavy atom. The van der Waals surface area contributed by atoms with E-state index < -0.39 is 6.17 Å². The molecule has 0 radical (unpaired) electrons. The van der Waals surface area contributed by atoms with Gasteiger partial charge < -0.3 is 20.6 Å². The van der Waals surface area contributed by atoms with Crippen LogP contribution in [0.3, 0.4) is 0 Å². The highest BCUT2D eigenvalue weighted by Gasteiger charge is 2.22. The second-order valence-corrected chi connectivity index (χ2v) is 5.84. The van der Waals surface area contributed by atoms with E-state index in [1.165, 1.54) is 0 Å². The molecule has 2 aromatic rings. The van der Waals surface area contributed by atoms with Crippen LogP contribution in [0.15, 0.2) is 58.5 Å². The Morgan fingerprint density at radius 2 is 2.26 bits per heavy atom. The highest BCUT2D eigenvalue weighted by Crippen LogP contribution is 2.30. The minimum Gasteiger partial charge on any atom is -0.487 e. The number of carbonyl (C=O) groups is 1. The highest BCUT2D eigenvalue weighted by atomic mass is 16.5. The monoisotopic (exact) mass is 367 g/mol. The zero-order chi connectivity index (χ0) is 19.1. The third-order valence-electron chi connectivity index (χ3n) is 3.94. The van der Waals surface area contributed by atoms with Crippen LogP contribution in [-0.2, 0) is 16.1 Å². The summed E-state index contributed by atoms with van der Waals surface area (Å²) < 4.78 is 11.0. The molecule has 3 rings (SSSR count). The first-order valence-electron chi connectivity index (χ1n) is 8.60. The van der Waals surface area contributed by atoms with E-state index >= 15 is 0 Å². The lowest BCUT2D eigenvalue weighted by atomic mass is 10.1. The topological polar surface area (TPSA) is 111 Å². The van der Waals surface area contributed by atoms with Gasteiger partial charge in [0.2, 0.25) is 0 Å². The van der Waals surface area contributed by atoms with Crippen molar-refractivity contribution < 1.29 is 14.3 Å². The third-order valence-corrected chi connectivity index (χ3v) is 3.94. The number of hydrogen-bond acceptors (Lipinski definition) is 7. The van der Waals surface area contributed by atoms with Crippen LogP contribution in [0.4, 0.5) is 5.69 Å². The van der Waals surface area contributed by atoms with Crippen LogP contribution in [0, 0.1) is 0 Å². The molecule has 27 heavy (non-hydrogen) atoms. The molecule has 1 aliphatic heterocycles. The summed E-state index contributed by atoms with van der Waals surface area (Å²) in [5.41, 5.74) is 2.92. The Balaban J connectivity index is 1.85. The summed E-state index contributed by atoms with van der Waals surface area (Å²) in [7, 11) is 0. The fraction of sp³-hybridized carbons (Fsp3) is 0.263. The number of aromatic nitrogens is 1. The summed E-state index contributed by atoms with van der Waals surface area (Å²) in [6.07, 6.45) is 3.37. The molecule has 0 spiro atoms. The molecule has 1 atom stereocenters. The Bertz CT molecular complexity index is 852. The van der Waals surface area contributed by atoms with Crippen molar-refractivity contribution in [3.8, 4) is 5.75 Å². The first kappa shape index (κ1) is 18.4. The van der Waals surface area contributed by atoms with Crippen LogP contribution in [0.25, 0.3) is 6.08 Å². The van der Waals surface area contributed by atoms with Gasteiger partial charge in [-0.05, 0) is 43.3 Å². The van der Waals surface area contributed by atoms with Crippen LogP contribution in [0.2, 0.25) is 0 Å². The molecule has 1 aromatic carbocycles. The summed E-state index contributed by atoms with van der Waals surface area (Å²) in [5, 5.41) is 10.5. The molecule has 0 bridgehead atoms. The molecule has 0 amide bonds. The van der Waals surface area contributed by atoms with Gasteiger partial charge in [0.05, 0.1) is 12.3 Å². The number of nitrogens with one attached hydrogen (secondary N) is 1. The van der Waals surface area contributed by atoms with Crippen LogP contribution in [0.5, 0.6) is 5.75 Å². The number of pyridine rings is 1. The van der Waals surface area contributed by atoms with E-state index in [-0.39, 0.29) is 5.97 Å². The molecule has 2 heterocycles. The van der Waals surface area contributed by atoms with Gasteiger partial charge in [0.25, 0.3) is 0 Å². The van der Waals surface area contributed by atoms with Gasteiger partial charge >= 0.3 is 5.97 Å². The number of nitrogens with zero attached hydrogens (tertiary/aromatic N) is 3. The predicted molar refractivity (Wildman–Crippen MR) is 101 cm³/mol. The van der Waals surface area contributed by atoms with Gasteiger partial charge in [-0.3, -0.25) is 4.98 Å². The Hall–Kier alpha value is -3.42. The highest BCUT2D eigenvalue weighted by molar-refractivity contribution is 5.95. The molecule has 140 valence electrons. The van der Waals surface area contributed by atoms with Crippen molar-refractivity contribution in [2.45, 2.75) is 26.1 Å². The van der Waals surface area contributed by atoms with Gasteiger partial charge in [0, 0.05) is 29.4 Å². The lowest BCUT2D eigenvalue weighted by molar-refractivity contribution is -0.138. The quantitative estimate of drug-likeness (QED) is 0.351. The van der Waals surface area contributed by atoms with E-state index in [9.17, 15) is 4.79 Å². The number of anilines is 1. The summed E-state index contributed by atoms with van der Waals surface area (Å²) in [6, 6.07) is 11.2. The van der Waals surface area contributed by atoms with Gasteiger partial charge in [-0.2, -0.15) is 0 Å². The summed E-state index contributed by atoms with van der Waals surface area (Å²) in [5.74, 6) is 5.47. The summed E-state index contributed by atoms with van der Waals surface area (Å²) in [6.45, 7) is 2.42. The van der Waals surface area contributed by atoms with Crippen molar-refractivity contribution in [1.82, 2.24) is 4.98 Å². The van der Waals surface area contributed by atoms with Gasteiger partial charge in [-0.15, -0.1) is 5.11 Å². The molecule has 8 nitrogen and oxygen atoms in total. The normalized spacial score (nSPS) is 16.0. The fourth-order valence-electron chi connectivity index (χ4n) is 2.72. The number of benzene rings is 1. The molecular formula is C19H21N5O3. The Kier molecular flexibility index (Phi) is 5.98. The predicted octanol–water partition coefficient (Wildman–Crippen LogP) is 3.07. The van der Waals surface area contributed by atoms with E-state index in [4.69, 9.17) is 15.3 Å².